The van der Waals surface area contributed by atoms with Gasteiger partial charge in [-0.05, 0) is 38.8 Å². The van der Waals surface area contributed by atoms with E-state index >= 15 is 0 Å². The number of rotatable bonds is 3. The van der Waals surface area contributed by atoms with Crippen LogP contribution in [0.5, 0.6) is 0 Å². The molecule has 1 heterocycles. The fourth-order valence-corrected chi connectivity index (χ4v) is 1.63. The molecule has 1 aliphatic heterocycles. The summed E-state index contributed by atoms with van der Waals surface area (Å²) >= 11 is 0. The van der Waals surface area contributed by atoms with E-state index in [4.69, 9.17) is 11.2 Å². The van der Waals surface area contributed by atoms with Crippen LogP contribution in [0.25, 0.3) is 0 Å². The molecule has 1 aliphatic rings. The highest BCUT2D eigenvalue weighted by molar-refractivity contribution is 5.85. The van der Waals surface area contributed by atoms with Gasteiger partial charge < -0.3 is 10.1 Å². The number of terminal acetylenes is 1. The van der Waals surface area contributed by atoms with Gasteiger partial charge in [0.25, 0.3) is 0 Å². The van der Waals surface area contributed by atoms with E-state index < -0.39 is 0 Å². The Bertz CT molecular complexity index is 161. The lowest BCUT2D eigenvalue weighted by molar-refractivity contribution is 0.0345. The molecule has 3 heteroatoms. The number of piperidine rings is 1. The van der Waals surface area contributed by atoms with Crippen molar-refractivity contribution in [2.24, 2.45) is 5.92 Å². The highest BCUT2D eigenvalue weighted by Crippen LogP contribution is 2.18. The van der Waals surface area contributed by atoms with Gasteiger partial charge >= 0.3 is 0 Å². The van der Waals surface area contributed by atoms with Crippen LogP contribution in [0.15, 0.2) is 0 Å². The highest BCUT2D eigenvalue weighted by Gasteiger charge is 2.19. The maximum absolute atomic E-state index is 5.47. The standard InChI is InChI=1S/C10H17NO.ClH/c1-3-8-12-9(2)10-4-6-11-7-5-10;/h1,9-11H,4-8H2,2H3;1H. The Kier molecular flexibility index (Phi) is 7.07. The van der Waals surface area contributed by atoms with E-state index in [-0.39, 0.29) is 12.4 Å². The molecule has 0 bridgehead atoms. The van der Waals surface area contributed by atoms with Crippen LogP contribution in [0.2, 0.25) is 0 Å². The first-order chi connectivity index (χ1) is 5.84. The van der Waals surface area contributed by atoms with Crippen molar-refractivity contribution in [3.8, 4) is 12.3 Å². The van der Waals surface area contributed by atoms with Crippen molar-refractivity contribution in [2.45, 2.75) is 25.9 Å². The number of ether oxygens (including phenoxy) is 1. The summed E-state index contributed by atoms with van der Waals surface area (Å²) in [6.45, 7) is 4.81. The van der Waals surface area contributed by atoms with Crippen LogP contribution in [0.4, 0.5) is 0 Å². The van der Waals surface area contributed by atoms with Gasteiger partial charge in [0.05, 0.1) is 6.10 Å². The van der Waals surface area contributed by atoms with Crippen molar-refractivity contribution in [3.05, 3.63) is 0 Å². The molecule has 0 radical (unpaired) electrons. The van der Waals surface area contributed by atoms with E-state index in [0.29, 0.717) is 18.6 Å². The predicted octanol–water partition coefficient (Wildman–Crippen LogP) is 1.45. The highest BCUT2D eigenvalue weighted by atomic mass is 35.5. The van der Waals surface area contributed by atoms with Crippen molar-refractivity contribution >= 4 is 12.4 Å². The third kappa shape index (κ3) is 4.52. The van der Waals surface area contributed by atoms with Crippen molar-refractivity contribution in [1.82, 2.24) is 5.32 Å². The molecule has 1 saturated heterocycles. The maximum Gasteiger partial charge on any atom is 0.107 e. The first-order valence-corrected chi connectivity index (χ1v) is 4.60. The summed E-state index contributed by atoms with van der Waals surface area (Å²) in [4.78, 5) is 0. The molecule has 1 atom stereocenters. The van der Waals surface area contributed by atoms with Crippen LogP contribution < -0.4 is 5.32 Å². The second kappa shape index (κ2) is 7.20. The van der Waals surface area contributed by atoms with E-state index in [1.807, 2.05) is 0 Å². The van der Waals surface area contributed by atoms with Crippen LogP contribution in [-0.2, 0) is 4.74 Å². The zero-order valence-corrected chi connectivity index (χ0v) is 8.90. The first kappa shape index (κ1) is 12.8. The summed E-state index contributed by atoms with van der Waals surface area (Å²) < 4.78 is 5.47. The molecular formula is C10H18ClNO. The van der Waals surface area contributed by atoms with Gasteiger partial charge in [-0.2, -0.15) is 0 Å². The summed E-state index contributed by atoms with van der Waals surface area (Å²) in [6, 6.07) is 0. The van der Waals surface area contributed by atoms with Crippen molar-refractivity contribution in [1.29, 1.82) is 0 Å². The number of halogens is 1. The molecule has 0 spiro atoms. The monoisotopic (exact) mass is 203 g/mol. The Hall–Kier alpha value is -0.230. The van der Waals surface area contributed by atoms with Crippen LogP contribution >= 0.6 is 12.4 Å². The lowest BCUT2D eigenvalue weighted by Gasteiger charge is -2.27. The minimum Gasteiger partial charge on any atom is -0.366 e. The van der Waals surface area contributed by atoms with Gasteiger partial charge in [-0.1, -0.05) is 5.92 Å². The molecule has 76 valence electrons. The molecule has 0 amide bonds. The zero-order valence-electron chi connectivity index (χ0n) is 8.08. The molecule has 0 aromatic heterocycles. The summed E-state index contributed by atoms with van der Waals surface area (Å²) in [5, 5.41) is 3.33. The van der Waals surface area contributed by atoms with Gasteiger partial charge in [-0.15, -0.1) is 18.8 Å². The van der Waals surface area contributed by atoms with Crippen LogP contribution in [0.3, 0.4) is 0 Å². The van der Waals surface area contributed by atoms with Gasteiger partial charge in [0.2, 0.25) is 0 Å². The van der Waals surface area contributed by atoms with E-state index in [1.165, 1.54) is 12.8 Å². The average molecular weight is 204 g/mol. The Morgan fingerprint density at radius 2 is 2.15 bits per heavy atom. The molecule has 2 nitrogen and oxygen atoms in total. The van der Waals surface area contributed by atoms with E-state index in [9.17, 15) is 0 Å². The Balaban J connectivity index is 0.00000144. The largest absolute Gasteiger partial charge is 0.366 e. The SMILES string of the molecule is C#CCOC(C)C1CCNCC1.Cl. The molecular weight excluding hydrogens is 186 g/mol. The molecule has 0 aromatic rings. The first-order valence-electron chi connectivity index (χ1n) is 4.60. The molecule has 0 aromatic carbocycles. The second-order valence-corrected chi connectivity index (χ2v) is 3.31. The number of hydrogen-bond donors (Lipinski definition) is 1. The lowest BCUT2D eigenvalue weighted by atomic mass is 9.93. The van der Waals surface area contributed by atoms with Crippen molar-refractivity contribution in [3.63, 3.8) is 0 Å². The Morgan fingerprint density at radius 1 is 1.54 bits per heavy atom. The zero-order chi connectivity index (χ0) is 8.81. The Morgan fingerprint density at radius 3 is 2.69 bits per heavy atom. The van der Waals surface area contributed by atoms with Crippen molar-refractivity contribution in [2.75, 3.05) is 19.7 Å². The molecule has 1 rings (SSSR count). The van der Waals surface area contributed by atoms with Gasteiger partial charge in [-0.25, -0.2) is 0 Å². The quantitative estimate of drug-likeness (QED) is 0.702. The normalized spacial score (nSPS) is 20.0. The third-order valence-corrected chi connectivity index (χ3v) is 2.48. The summed E-state index contributed by atoms with van der Waals surface area (Å²) in [5.74, 6) is 3.19. The Labute approximate surface area is 86.8 Å². The van der Waals surface area contributed by atoms with Gasteiger partial charge in [0, 0.05) is 0 Å². The van der Waals surface area contributed by atoms with E-state index in [1.54, 1.807) is 0 Å². The minimum atomic E-state index is 0. The van der Waals surface area contributed by atoms with E-state index in [2.05, 4.69) is 18.2 Å². The molecule has 13 heavy (non-hydrogen) atoms. The fraction of sp³-hybridized carbons (Fsp3) is 0.800. The third-order valence-electron chi connectivity index (χ3n) is 2.48. The topological polar surface area (TPSA) is 21.3 Å². The minimum absolute atomic E-state index is 0. The maximum atomic E-state index is 5.47. The van der Waals surface area contributed by atoms with Crippen molar-refractivity contribution < 1.29 is 4.74 Å². The van der Waals surface area contributed by atoms with Gasteiger partial charge in [-0.3, -0.25) is 0 Å². The second-order valence-electron chi connectivity index (χ2n) is 3.31. The summed E-state index contributed by atoms with van der Waals surface area (Å²) in [7, 11) is 0. The molecule has 1 N–H and O–H groups in total. The smallest absolute Gasteiger partial charge is 0.107 e. The van der Waals surface area contributed by atoms with E-state index in [0.717, 1.165) is 13.1 Å². The molecule has 0 saturated carbocycles. The van der Waals surface area contributed by atoms with Gasteiger partial charge in [0.1, 0.15) is 6.61 Å². The lowest BCUT2D eigenvalue weighted by Crippen LogP contribution is -2.34. The van der Waals surface area contributed by atoms with Crippen LogP contribution in [0, 0.1) is 18.3 Å². The molecule has 1 unspecified atom stereocenters. The molecule has 0 aliphatic carbocycles. The van der Waals surface area contributed by atoms with Crippen LogP contribution in [-0.4, -0.2) is 25.8 Å². The number of nitrogens with one attached hydrogen (secondary N) is 1. The fourth-order valence-electron chi connectivity index (χ4n) is 1.63. The predicted molar refractivity (Wildman–Crippen MR) is 57.1 cm³/mol. The van der Waals surface area contributed by atoms with Gasteiger partial charge in [0.15, 0.2) is 0 Å². The summed E-state index contributed by atoms with van der Waals surface area (Å²) in [6.07, 6.45) is 7.87. The molecule has 1 fully saturated rings. The average Bonchev–Trinajstić information content (AvgIpc) is 2.15. The summed E-state index contributed by atoms with van der Waals surface area (Å²) in [5.41, 5.74) is 0. The van der Waals surface area contributed by atoms with Crippen LogP contribution in [0.1, 0.15) is 19.8 Å². The number of hydrogen-bond acceptors (Lipinski definition) is 2.